The maximum atomic E-state index is 13.2. The molecule has 1 unspecified atom stereocenters. The first-order valence-electron chi connectivity index (χ1n) is 11.1. The van der Waals surface area contributed by atoms with E-state index in [1.54, 1.807) is 16.7 Å². The number of carbonyl (C=O) groups excluding carboxylic acids is 3. The van der Waals surface area contributed by atoms with Gasteiger partial charge in [-0.2, -0.15) is 11.8 Å². The van der Waals surface area contributed by atoms with Gasteiger partial charge in [0.15, 0.2) is 0 Å². The Morgan fingerprint density at radius 3 is 2.47 bits per heavy atom. The number of likely N-dealkylation sites (tertiary alicyclic amines) is 1. The Balaban J connectivity index is 1.59. The minimum atomic E-state index is -0.742. The van der Waals surface area contributed by atoms with Gasteiger partial charge in [-0.25, -0.2) is 0 Å². The van der Waals surface area contributed by atoms with Gasteiger partial charge in [-0.1, -0.05) is 24.3 Å². The van der Waals surface area contributed by atoms with E-state index in [0.29, 0.717) is 38.1 Å². The second kappa shape index (κ2) is 12.2. The van der Waals surface area contributed by atoms with Crippen LogP contribution in [0.25, 0.3) is 0 Å². The molecule has 0 radical (unpaired) electrons. The van der Waals surface area contributed by atoms with Gasteiger partial charge in [0.05, 0.1) is 4.92 Å². The third-order valence-corrected chi connectivity index (χ3v) is 6.40. The number of non-ortho nitro benzene ring substituents is 1. The number of para-hydroxylation sites is 1. The highest BCUT2D eigenvalue weighted by Crippen LogP contribution is 2.21. The van der Waals surface area contributed by atoms with E-state index < -0.39 is 16.9 Å². The molecule has 0 aromatic heterocycles. The zero-order chi connectivity index (χ0) is 24.5. The van der Waals surface area contributed by atoms with Crippen molar-refractivity contribution in [2.75, 3.05) is 30.4 Å². The van der Waals surface area contributed by atoms with Gasteiger partial charge >= 0.3 is 0 Å². The number of anilines is 1. The molecule has 1 heterocycles. The third kappa shape index (κ3) is 6.80. The van der Waals surface area contributed by atoms with Crippen molar-refractivity contribution in [1.29, 1.82) is 0 Å². The van der Waals surface area contributed by atoms with Crippen LogP contribution in [-0.4, -0.2) is 58.7 Å². The lowest BCUT2D eigenvalue weighted by Gasteiger charge is -2.34. The lowest BCUT2D eigenvalue weighted by atomic mass is 9.95. The Hall–Kier alpha value is -3.40. The summed E-state index contributed by atoms with van der Waals surface area (Å²) in [7, 11) is 0. The fourth-order valence-electron chi connectivity index (χ4n) is 3.84. The van der Waals surface area contributed by atoms with E-state index >= 15 is 0 Å². The van der Waals surface area contributed by atoms with Crippen LogP contribution in [0.15, 0.2) is 54.6 Å². The first-order valence-corrected chi connectivity index (χ1v) is 12.5. The number of piperidine rings is 1. The summed E-state index contributed by atoms with van der Waals surface area (Å²) in [5.74, 6) is -0.304. The molecule has 1 fully saturated rings. The topological polar surface area (TPSA) is 122 Å². The monoisotopic (exact) mass is 484 g/mol. The van der Waals surface area contributed by atoms with Crippen LogP contribution in [0, 0.1) is 16.0 Å². The molecule has 0 spiro atoms. The number of hydrogen-bond donors (Lipinski definition) is 2. The number of nitrogens with zero attached hydrogens (tertiary/aromatic N) is 2. The zero-order valence-electron chi connectivity index (χ0n) is 18.9. The lowest BCUT2D eigenvalue weighted by molar-refractivity contribution is -0.384. The van der Waals surface area contributed by atoms with Crippen LogP contribution in [0.2, 0.25) is 0 Å². The van der Waals surface area contributed by atoms with E-state index in [9.17, 15) is 24.5 Å². The van der Waals surface area contributed by atoms with Gasteiger partial charge < -0.3 is 15.5 Å². The molecule has 0 aliphatic carbocycles. The van der Waals surface area contributed by atoms with Gasteiger partial charge in [-0.3, -0.25) is 24.5 Å². The number of rotatable bonds is 9. The van der Waals surface area contributed by atoms with Gasteiger partial charge in [-0.15, -0.1) is 0 Å². The largest absolute Gasteiger partial charge is 0.341 e. The predicted molar refractivity (Wildman–Crippen MR) is 132 cm³/mol. The molecule has 3 amide bonds. The molecule has 3 rings (SSSR count). The molecule has 180 valence electrons. The summed E-state index contributed by atoms with van der Waals surface area (Å²) in [4.78, 5) is 50.6. The van der Waals surface area contributed by atoms with E-state index in [2.05, 4.69) is 10.6 Å². The number of hydrogen-bond acceptors (Lipinski definition) is 6. The second-order valence-electron chi connectivity index (χ2n) is 8.07. The highest BCUT2D eigenvalue weighted by molar-refractivity contribution is 7.98. The average Bonchev–Trinajstić information content (AvgIpc) is 2.86. The summed E-state index contributed by atoms with van der Waals surface area (Å²) in [5, 5.41) is 16.7. The number of benzene rings is 2. The Morgan fingerprint density at radius 2 is 1.82 bits per heavy atom. The standard InChI is InChI=1S/C24H28N4O5S/c1-34-15-12-21(26-23(30)18-6-5-9-20(16-18)28(32)33)24(31)27-13-10-17(11-14-27)22(29)25-19-7-3-2-4-8-19/h2-9,16-17,21H,10-15H2,1H3,(H,25,29)(H,26,30). The maximum absolute atomic E-state index is 13.2. The maximum Gasteiger partial charge on any atom is 0.270 e. The normalized spacial score (nSPS) is 14.8. The van der Waals surface area contributed by atoms with Crippen molar-refractivity contribution in [1.82, 2.24) is 10.2 Å². The van der Waals surface area contributed by atoms with E-state index in [1.807, 2.05) is 36.6 Å². The molecule has 1 saturated heterocycles. The zero-order valence-corrected chi connectivity index (χ0v) is 19.8. The van der Waals surface area contributed by atoms with Gasteiger partial charge in [-0.05, 0) is 49.5 Å². The van der Waals surface area contributed by atoms with Crippen molar-refractivity contribution in [3.05, 3.63) is 70.3 Å². The molecule has 2 aromatic rings. The molecule has 9 nitrogen and oxygen atoms in total. The Labute approximate surface area is 202 Å². The number of nitro groups is 1. The van der Waals surface area contributed by atoms with Gasteiger partial charge in [0.2, 0.25) is 11.8 Å². The molecule has 1 aliphatic rings. The Bertz CT molecular complexity index is 1030. The van der Waals surface area contributed by atoms with Crippen molar-refractivity contribution in [3.63, 3.8) is 0 Å². The Morgan fingerprint density at radius 1 is 1.12 bits per heavy atom. The van der Waals surface area contributed by atoms with Crippen LogP contribution in [0.4, 0.5) is 11.4 Å². The number of amides is 3. The van der Waals surface area contributed by atoms with Crippen LogP contribution in [0.3, 0.4) is 0 Å². The van der Waals surface area contributed by atoms with Crippen LogP contribution in [-0.2, 0) is 9.59 Å². The Kier molecular flexibility index (Phi) is 9.03. The first kappa shape index (κ1) is 25.2. The van der Waals surface area contributed by atoms with Gasteiger partial charge in [0.25, 0.3) is 11.6 Å². The van der Waals surface area contributed by atoms with Crippen molar-refractivity contribution in [2.45, 2.75) is 25.3 Å². The molecule has 10 heteroatoms. The second-order valence-corrected chi connectivity index (χ2v) is 9.06. The summed E-state index contributed by atoms with van der Waals surface area (Å²) >= 11 is 1.56. The minimum absolute atomic E-state index is 0.0591. The predicted octanol–water partition coefficient (Wildman–Crippen LogP) is 3.32. The van der Waals surface area contributed by atoms with E-state index in [1.165, 1.54) is 24.3 Å². The first-order chi connectivity index (χ1) is 16.4. The number of nitro benzene ring substituents is 1. The van der Waals surface area contributed by atoms with Gasteiger partial charge in [0, 0.05) is 42.4 Å². The van der Waals surface area contributed by atoms with E-state index in [-0.39, 0.29) is 29.0 Å². The summed E-state index contributed by atoms with van der Waals surface area (Å²) in [6, 6.07) is 13.9. The van der Waals surface area contributed by atoms with E-state index in [4.69, 9.17) is 0 Å². The van der Waals surface area contributed by atoms with E-state index in [0.717, 1.165) is 5.69 Å². The quantitative estimate of drug-likeness (QED) is 0.416. The van der Waals surface area contributed by atoms with Crippen molar-refractivity contribution >= 4 is 40.9 Å². The van der Waals surface area contributed by atoms with Gasteiger partial charge in [0.1, 0.15) is 6.04 Å². The summed E-state index contributed by atoms with van der Waals surface area (Å²) in [6.07, 6.45) is 3.44. The molecular weight excluding hydrogens is 456 g/mol. The van der Waals surface area contributed by atoms with Crippen LogP contribution < -0.4 is 10.6 Å². The molecule has 0 saturated carbocycles. The van der Waals surface area contributed by atoms with Crippen molar-refractivity contribution in [3.8, 4) is 0 Å². The fourth-order valence-corrected chi connectivity index (χ4v) is 4.32. The van der Waals surface area contributed by atoms with Crippen molar-refractivity contribution in [2.24, 2.45) is 5.92 Å². The highest BCUT2D eigenvalue weighted by Gasteiger charge is 2.31. The molecule has 0 bridgehead atoms. The highest BCUT2D eigenvalue weighted by atomic mass is 32.2. The molecular formula is C24H28N4O5S. The molecule has 2 aromatic carbocycles. The van der Waals surface area contributed by atoms with Crippen molar-refractivity contribution < 1.29 is 19.3 Å². The SMILES string of the molecule is CSCCC(NC(=O)c1cccc([N+](=O)[O-])c1)C(=O)N1CCC(C(=O)Nc2ccccc2)CC1. The third-order valence-electron chi connectivity index (χ3n) is 5.75. The lowest BCUT2D eigenvalue weighted by Crippen LogP contribution is -2.51. The van der Waals surface area contributed by atoms with Crippen LogP contribution >= 0.6 is 11.8 Å². The summed E-state index contributed by atoms with van der Waals surface area (Å²) < 4.78 is 0. The molecule has 34 heavy (non-hydrogen) atoms. The minimum Gasteiger partial charge on any atom is -0.341 e. The molecule has 2 N–H and O–H groups in total. The van der Waals surface area contributed by atoms with Crippen LogP contribution in [0.1, 0.15) is 29.6 Å². The molecule has 1 aliphatic heterocycles. The smallest absolute Gasteiger partial charge is 0.270 e. The number of thioether (sulfide) groups is 1. The summed E-state index contributed by atoms with van der Waals surface area (Å²) in [5.41, 5.74) is 0.690. The number of carbonyl (C=O) groups is 3. The van der Waals surface area contributed by atoms with Crippen LogP contribution in [0.5, 0.6) is 0 Å². The molecule has 1 atom stereocenters. The number of nitrogens with one attached hydrogen (secondary N) is 2. The average molecular weight is 485 g/mol. The summed E-state index contributed by atoms with van der Waals surface area (Å²) in [6.45, 7) is 0.850. The fraction of sp³-hybridized carbons (Fsp3) is 0.375.